The number of rotatable bonds is 7. The predicted molar refractivity (Wildman–Crippen MR) is 63.1 cm³/mol. The zero-order chi connectivity index (χ0) is 10.3. The molecule has 1 fully saturated rings. The summed E-state index contributed by atoms with van der Waals surface area (Å²) < 4.78 is 5.63. The van der Waals surface area contributed by atoms with Crippen molar-refractivity contribution in [2.45, 2.75) is 38.5 Å². The maximum absolute atomic E-state index is 5.63. The maximum Gasteiger partial charge on any atom is 0.119 e. The standard InChI is InChI=1S/C14H20O/c1-4-8-14(9-5-1)15-12-6-2-3-7-13-10-11-13/h1,4-5,8-9,13H,2-3,6-7,10-12H2. The SMILES string of the molecule is c1ccc(OCCCCCC2CC2)cc1. The van der Waals surface area contributed by atoms with Gasteiger partial charge in [0.2, 0.25) is 0 Å². The molecule has 1 aromatic rings. The van der Waals surface area contributed by atoms with Crippen molar-refractivity contribution in [3.8, 4) is 5.75 Å². The Labute approximate surface area is 92.5 Å². The van der Waals surface area contributed by atoms with Crippen LogP contribution in [0.25, 0.3) is 0 Å². The Morgan fingerprint density at radius 2 is 1.80 bits per heavy atom. The Hall–Kier alpha value is -0.980. The van der Waals surface area contributed by atoms with Crippen LogP contribution in [0.2, 0.25) is 0 Å². The zero-order valence-electron chi connectivity index (χ0n) is 9.32. The van der Waals surface area contributed by atoms with E-state index in [4.69, 9.17) is 4.74 Å². The fourth-order valence-electron chi connectivity index (χ4n) is 1.83. The van der Waals surface area contributed by atoms with Crippen LogP contribution in [-0.2, 0) is 0 Å². The molecule has 15 heavy (non-hydrogen) atoms. The fourth-order valence-corrected chi connectivity index (χ4v) is 1.83. The van der Waals surface area contributed by atoms with Crippen LogP contribution in [-0.4, -0.2) is 6.61 Å². The Morgan fingerprint density at radius 3 is 2.53 bits per heavy atom. The second-order valence-corrected chi connectivity index (χ2v) is 4.45. The van der Waals surface area contributed by atoms with Crippen LogP contribution in [0.4, 0.5) is 0 Å². The van der Waals surface area contributed by atoms with Gasteiger partial charge in [-0.15, -0.1) is 0 Å². The third-order valence-electron chi connectivity index (χ3n) is 2.97. The normalized spacial score (nSPS) is 15.2. The molecule has 1 aromatic carbocycles. The fraction of sp³-hybridized carbons (Fsp3) is 0.571. The number of benzene rings is 1. The molecular formula is C14H20O. The highest BCUT2D eigenvalue weighted by molar-refractivity contribution is 5.20. The zero-order valence-corrected chi connectivity index (χ0v) is 9.32. The van der Waals surface area contributed by atoms with Gasteiger partial charge in [-0.25, -0.2) is 0 Å². The molecule has 0 atom stereocenters. The molecule has 1 nitrogen and oxygen atoms in total. The molecule has 0 amide bonds. The average molecular weight is 204 g/mol. The summed E-state index contributed by atoms with van der Waals surface area (Å²) in [5, 5.41) is 0. The molecular weight excluding hydrogens is 184 g/mol. The van der Waals surface area contributed by atoms with E-state index in [0.29, 0.717) is 0 Å². The molecule has 1 saturated carbocycles. The van der Waals surface area contributed by atoms with Gasteiger partial charge in [-0.1, -0.05) is 50.3 Å². The number of para-hydroxylation sites is 1. The van der Waals surface area contributed by atoms with Crippen LogP contribution < -0.4 is 4.74 Å². The van der Waals surface area contributed by atoms with E-state index in [1.807, 2.05) is 30.3 Å². The van der Waals surface area contributed by atoms with E-state index in [0.717, 1.165) is 18.3 Å². The van der Waals surface area contributed by atoms with Crippen LogP contribution >= 0.6 is 0 Å². The lowest BCUT2D eigenvalue weighted by Crippen LogP contribution is -1.96. The van der Waals surface area contributed by atoms with Crippen molar-refractivity contribution in [1.82, 2.24) is 0 Å². The number of hydrogen-bond donors (Lipinski definition) is 0. The van der Waals surface area contributed by atoms with Gasteiger partial charge in [0.25, 0.3) is 0 Å². The van der Waals surface area contributed by atoms with E-state index in [2.05, 4.69) is 0 Å². The van der Waals surface area contributed by atoms with Gasteiger partial charge in [-0.2, -0.15) is 0 Å². The highest BCUT2D eigenvalue weighted by Gasteiger charge is 2.19. The largest absolute Gasteiger partial charge is 0.494 e. The summed E-state index contributed by atoms with van der Waals surface area (Å²) in [6, 6.07) is 10.1. The van der Waals surface area contributed by atoms with Gasteiger partial charge in [0.15, 0.2) is 0 Å². The van der Waals surface area contributed by atoms with E-state index < -0.39 is 0 Å². The summed E-state index contributed by atoms with van der Waals surface area (Å²) in [7, 11) is 0. The Kier molecular flexibility index (Phi) is 4.07. The lowest BCUT2D eigenvalue weighted by atomic mass is 10.1. The lowest BCUT2D eigenvalue weighted by molar-refractivity contribution is 0.304. The Morgan fingerprint density at radius 1 is 1.00 bits per heavy atom. The van der Waals surface area contributed by atoms with Crippen LogP contribution in [0.5, 0.6) is 5.75 Å². The van der Waals surface area contributed by atoms with E-state index in [-0.39, 0.29) is 0 Å². The Bertz CT molecular complexity index is 264. The van der Waals surface area contributed by atoms with Crippen LogP contribution in [0.3, 0.4) is 0 Å². The summed E-state index contributed by atoms with van der Waals surface area (Å²) in [6.07, 6.45) is 8.33. The first-order chi connectivity index (χ1) is 7.45. The summed E-state index contributed by atoms with van der Waals surface area (Å²) in [4.78, 5) is 0. The quantitative estimate of drug-likeness (QED) is 0.609. The molecule has 1 aliphatic carbocycles. The minimum absolute atomic E-state index is 0.870. The summed E-state index contributed by atoms with van der Waals surface area (Å²) in [5.41, 5.74) is 0. The van der Waals surface area contributed by atoms with Gasteiger partial charge in [-0.3, -0.25) is 0 Å². The van der Waals surface area contributed by atoms with E-state index in [1.165, 1.54) is 38.5 Å². The molecule has 0 aromatic heterocycles. The predicted octanol–water partition coefficient (Wildman–Crippen LogP) is 4.04. The van der Waals surface area contributed by atoms with Crippen molar-refractivity contribution in [2.24, 2.45) is 5.92 Å². The molecule has 0 spiro atoms. The molecule has 0 heterocycles. The molecule has 0 N–H and O–H groups in total. The van der Waals surface area contributed by atoms with E-state index >= 15 is 0 Å². The van der Waals surface area contributed by atoms with E-state index in [9.17, 15) is 0 Å². The van der Waals surface area contributed by atoms with E-state index in [1.54, 1.807) is 0 Å². The third kappa shape index (κ3) is 4.37. The van der Waals surface area contributed by atoms with Crippen LogP contribution in [0.15, 0.2) is 30.3 Å². The van der Waals surface area contributed by atoms with Crippen LogP contribution in [0.1, 0.15) is 38.5 Å². The van der Waals surface area contributed by atoms with Crippen molar-refractivity contribution in [2.75, 3.05) is 6.61 Å². The van der Waals surface area contributed by atoms with Crippen molar-refractivity contribution < 1.29 is 4.74 Å². The molecule has 82 valence electrons. The van der Waals surface area contributed by atoms with Gasteiger partial charge < -0.3 is 4.74 Å². The van der Waals surface area contributed by atoms with Gasteiger partial charge in [0.1, 0.15) is 5.75 Å². The second-order valence-electron chi connectivity index (χ2n) is 4.45. The summed E-state index contributed by atoms with van der Waals surface area (Å²) >= 11 is 0. The highest BCUT2D eigenvalue weighted by atomic mass is 16.5. The third-order valence-corrected chi connectivity index (χ3v) is 2.97. The van der Waals surface area contributed by atoms with Gasteiger partial charge >= 0.3 is 0 Å². The van der Waals surface area contributed by atoms with Gasteiger partial charge in [0.05, 0.1) is 6.61 Å². The number of hydrogen-bond acceptors (Lipinski definition) is 1. The molecule has 0 radical (unpaired) electrons. The molecule has 0 aliphatic heterocycles. The Balaban J connectivity index is 1.47. The average Bonchev–Trinajstić information content (AvgIpc) is 3.09. The molecule has 1 heteroatoms. The smallest absolute Gasteiger partial charge is 0.119 e. The first-order valence-electron chi connectivity index (χ1n) is 6.13. The molecule has 0 saturated heterocycles. The maximum atomic E-state index is 5.63. The minimum Gasteiger partial charge on any atom is -0.494 e. The molecule has 0 unspecified atom stereocenters. The van der Waals surface area contributed by atoms with Crippen molar-refractivity contribution >= 4 is 0 Å². The first-order valence-corrected chi connectivity index (χ1v) is 6.13. The lowest BCUT2D eigenvalue weighted by Gasteiger charge is -2.05. The van der Waals surface area contributed by atoms with Crippen molar-refractivity contribution in [3.63, 3.8) is 0 Å². The van der Waals surface area contributed by atoms with Gasteiger partial charge in [0, 0.05) is 0 Å². The summed E-state index contributed by atoms with van der Waals surface area (Å²) in [5.74, 6) is 2.08. The monoisotopic (exact) mass is 204 g/mol. The topological polar surface area (TPSA) is 9.23 Å². The molecule has 1 aliphatic rings. The second kappa shape index (κ2) is 5.79. The van der Waals surface area contributed by atoms with Crippen molar-refractivity contribution in [3.05, 3.63) is 30.3 Å². The highest BCUT2D eigenvalue weighted by Crippen LogP contribution is 2.33. The van der Waals surface area contributed by atoms with Crippen molar-refractivity contribution in [1.29, 1.82) is 0 Å². The molecule has 2 rings (SSSR count). The minimum atomic E-state index is 0.870. The molecule has 0 bridgehead atoms. The first kappa shape index (κ1) is 10.5. The summed E-state index contributed by atoms with van der Waals surface area (Å²) in [6.45, 7) is 0.870. The van der Waals surface area contributed by atoms with Crippen LogP contribution in [0, 0.1) is 5.92 Å². The van der Waals surface area contributed by atoms with Gasteiger partial charge in [-0.05, 0) is 24.5 Å². The number of unbranched alkanes of at least 4 members (excludes halogenated alkanes) is 2. The number of ether oxygens (including phenoxy) is 1.